The van der Waals surface area contributed by atoms with Gasteiger partial charge in [-0.3, -0.25) is 4.99 Å². The van der Waals surface area contributed by atoms with Gasteiger partial charge in [0.05, 0.1) is 10.0 Å². The van der Waals surface area contributed by atoms with Gasteiger partial charge in [0, 0.05) is 18.7 Å². The predicted octanol–water partition coefficient (Wildman–Crippen LogP) is 7.35. The summed E-state index contributed by atoms with van der Waals surface area (Å²) < 4.78 is 0. The van der Waals surface area contributed by atoms with E-state index in [1.807, 2.05) is 12.1 Å². The van der Waals surface area contributed by atoms with E-state index in [9.17, 15) is 0 Å². The molecule has 1 rings (SSSR count). The fraction of sp³-hybridized carbons (Fsp3) is 0.632. The van der Waals surface area contributed by atoms with Gasteiger partial charge in [0.2, 0.25) is 0 Å². The highest BCUT2D eigenvalue weighted by molar-refractivity contribution is 6.42. The molecule has 130 valence electrons. The van der Waals surface area contributed by atoms with Gasteiger partial charge in [-0.2, -0.15) is 0 Å². The standard InChI is InChI=1S/C19H30Cl2N2/c1-3-5-6-7-8-9-10-11-14-22-19(4-2)23-16-12-13-17(20)18(21)15-16/h12-13,15H,3-11,14H2,1-2H3,(H,22,23). The number of benzene rings is 1. The molecular formula is C19H30Cl2N2. The van der Waals surface area contributed by atoms with Gasteiger partial charge in [-0.1, -0.05) is 82.0 Å². The zero-order valence-corrected chi connectivity index (χ0v) is 16.0. The van der Waals surface area contributed by atoms with Crippen molar-refractivity contribution in [2.24, 2.45) is 4.99 Å². The third-order valence-corrected chi connectivity index (χ3v) is 4.60. The van der Waals surface area contributed by atoms with Crippen LogP contribution in [0.25, 0.3) is 0 Å². The number of unbranched alkanes of at least 4 members (excludes halogenated alkanes) is 7. The maximum absolute atomic E-state index is 6.04. The molecule has 0 saturated heterocycles. The van der Waals surface area contributed by atoms with Crippen LogP contribution in [0.15, 0.2) is 23.2 Å². The van der Waals surface area contributed by atoms with Crippen LogP contribution >= 0.6 is 23.2 Å². The first-order valence-electron chi connectivity index (χ1n) is 8.92. The van der Waals surface area contributed by atoms with Crippen LogP contribution in [-0.2, 0) is 0 Å². The maximum atomic E-state index is 6.04. The van der Waals surface area contributed by atoms with Gasteiger partial charge in [0.15, 0.2) is 0 Å². The summed E-state index contributed by atoms with van der Waals surface area (Å²) >= 11 is 12.0. The Balaban J connectivity index is 2.23. The third-order valence-electron chi connectivity index (χ3n) is 3.86. The minimum atomic E-state index is 0.565. The number of amidine groups is 1. The van der Waals surface area contributed by atoms with Gasteiger partial charge in [-0.15, -0.1) is 0 Å². The smallest absolute Gasteiger partial charge is 0.100 e. The molecule has 1 aromatic carbocycles. The number of hydrogen-bond donors (Lipinski definition) is 1. The lowest BCUT2D eigenvalue weighted by atomic mass is 10.1. The maximum Gasteiger partial charge on any atom is 0.100 e. The van der Waals surface area contributed by atoms with Gasteiger partial charge in [-0.25, -0.2) is 0 Å². The number of nitrogens with one attached hydrogen (secondary N) is 1. The molecule has 0 amide bonds. The molecule has 0 spiro atoms. The molecule has 0 aliphatic heterocycles. The molecule has 0 bridgehead atoms. The number of aliphatic imine (C=N–C) groups is 1. The molecule has 0 radical (unpaired) electrons. The van der Waals surface area contributed by atoms with Crippen LogP contribution in [0.3, 0.4) is 0 Å². The quantitative estimate of drug-likeness (QED) is 0.250. The van der Waals surface area contributed by atoms with Crippen molar-refractivity contribution in [1.82, 2.24) is 0 Å². The molecule has 0 unspecified atom stereocenters. The zero-order chi connectivity index (χ0) is 16.9. The Morgan fingerprint density at radius 3 is 2.17 bits per heavy atom. The molecule has 23 heavy (non-hydrogen) atoms. The van der Waals surface area contributed by atoms with E-state index < -0.39 is 0 Å². The summed E-state index contributed by atoms with van der Waals surface area (Å²) in [6.07, 6.45) is 11.5. The molecular weight excluding hydrogens is 327 g/mol. The van der Waals surface area contributed by atoms with Crippen molar-refractivity contribution in [2.75, 3.05) is 11.9 Å². The first-order chi connectivity index (χ1) is 11.2. The summed E-state index contributed by atoms with van der Waals surface area (Å²) in [4.78, 5) is 4.67. The highest BCUT2D eigenvalue weighted by Crippen LogP contribution is 2.25. The molecule has 0 aliphatic carbocycles. The number of hydrogen-bond acceptors (Lipinski definition) is 1. The minimum Gasteiger partial charge on any atom is -0.344 e. The van der Waals surface area contributed by atoms with E-state index in [0.717, 1.165) is 24.5 Å². The van der Waals surface area contributed by atoms with Gasteiger partial charge < -0.3 is 5.32 Å². The third kappa shape index (κ3) is 9.22. The monoisotopic (exact) mass is 356 g/mol. The first kappa shape index (κ1) is 20.3. The molecule has 0 aromatic heterocycles. The summed E-state index contributed by atoms with van der Waals surface area (Å²) in [5, 5.41) is 4.47. The summed E-state index contributed by atoms with van der Waals surface area (Å²) in [6, 6.07) is 5.57. The van der Waals surface area contributed by atoms with Crippen LogP contribution in [0, 0.1) is 0 Å². The molecule has 0 atom stereocenters. The van der Waals surface area contributed by atoms with Crippen LogP contribution in [0.2, 0.25) is 10.0 Å². The second-order valence-corrected chi connectivity index (χ2v) is 6.73. The predicted molar refractivity (Wildman–Crippen MR) is 105 cm³/mol. The largest absolute Gasteiger partial charge is 0.344 e. The summed E-state index contributed by atoms with van der Waals surface area (Å²) in [7, 11) is 0. The average Bonchev–Trinajstić information content (AvgIpc) is 2.55. The van der Waals surface area contributed by atoms with Crippen molar-refractivity contribution < 1.29 is 0 Å². The molecule has 0 fully saturated rings. The first-order valence-corrected chi connectivity index (χ1v) is 9.68. The Morgan fingerprint density at radius 1 is 0.913 bits per heavy atom. The van der Waals surface area contributed by atoms with Crippen molar-refractivity contribution in [2.45, 2.75) is 71.6 Å². The number of nitrogens with zero attached hydrogens (tertiary/aromatic N) is 1. The summed E-state index contributed by atoms with van der Waals surface area (Å²) in [5.74, 6) is 1.01. The highest BCUT2D eigenvalue weighted by atomic mass is 35.5. The van der Waals surface area contributed by atoms with Crippen LogP contribution in [0.4, 0.5) is 5.69 Å². The molecule has 4 heteroatoms. The van der Waals surface area contributed by atoms with Crippen molar-refractivity contribution in [1.29, 1.82) is 0 Å². The Hall–Kier alpha value is -0.730. The van der Waals surface area contributed by atoms with Gasteiger partial charge in [-0.05, 0) is 24.6 Å². The van der Waals surface area contributed by atoms with E-state index in [1.165, 1.54) is 51.4 Å². The van der Waals surface area contributed by atoms with Crippen LogP contribution in [-0.4, -0.2) is 12.4 Å². The molecule has 2 nitrogen and oxygen atoms in total. The average molecular weight is 357 g/mol. The van der Waals surface area contributed by atoms with E-state index in [-0.39, 0.29) is 0 Å². The minimum absolute atomic E-state index is 0.565. The van der Waals surface area contributed by atoms with Gasteiger partial charge in [0.1, 0.15) is 5.84 Å². The Morgan fingerprint density at radius 2 is 1.57 bits per heavy atom. The van der Waals surface area contributed by atoms with Gasteiger partial charge in [0.25, 0.3) is 0 Å². The van der Waals surface area contributed by atoms with Crippen molar-refractivity contribution in [3.05, 3.63) is 28.2 Å². The van der Waals surface area contributed by atoms with Crippen molar-refractivity contribution in [3.8, 4) is 0 Å². The fourth-order valence-corrected chi connectivity index (χ4v) is 2.74. The SMILES string of the molecule is CCCCCCCCCCN=C(CC)Nc1ccc(Cl)c(Cl)c1. The second kappa shape index (κ2) is 12.7. The summed E-state index contributed by atoms with van der Waals surface area (Å²) in [5.41, 5.74) is 0.941. The van der Waals surface area contributed by atoms with E-state index in [2.05, 4.69) is 24.2 Å². The fourth-order valence-electron chi connectivity index (χ4n) is 2.44. The highest BCUT2D eigenvalue weighted by Gasteiger charge is 2.01. The van der Waals surface area contributed by atoms with Gasteiger partial charge >= 0.3 is 0 Å². The number of halogens is 2. The van der Waals surface area contributed by atoms with Crippen LogP contribution < -0.4 is 5.32 Å². The Kier molecular flexibility index (Phi) is 11.2. The van der Waals surface area contributed by atoms with E-state index in [1.54, 1.807) is 6.07 Å². The molecule has 0 heterocycles. The Bertz CT molecular complexity index is 472. The Labute approximate surface area is 151 Å². The lowest BCUT2D eigenvalue weighted by Crippen LogP contribution is -2.11. The molecule has 1 N–H and O–H groups in total. The van der Waals surface area contributed by atoms with Crippen LogP contribution in [0.5, 0.6) is 0 Å². The van der Waals surface area contributed by atoms with E-state index in [4.69, 9.17) is 23.2 Å². The topological polar surface area (TPSA) is 24.4 Å². The number of anilines is 1. The molecule has 1 aromatic rings. The van der Waals surface area contributed by atoms with Crippen molar-refractivity contribution in [3.63, 3.8) is 0 Å². The normalized spacial score (nSPS) is 11.7. The molecule has 0 aliphatic rings. The second-order valence-electron chi connectivity index (χ2n) is 5.91. The van der Waals surface area contributed by atoms with Crippen molar-refractivity contribution >= 4 is 34.7 Å². The van der Waals surface area contributed by atoms with E-state index in [0.29, 0.717) is 10.0 Å². The lowest BCUT2D eigenvalue weighted by Gasteiger charge is -2.09. The lowest BCUT2D eigenvalue weighted by molar-refractivity contribution is 0.578. The molecule has 0 saturated carbocycles. The summed E-state index contributed by atoms with van der Waals surface area (Å²) in [6.45, 7) is 5.26. The zero-order valence-electron chi connectivity index (χ0n) is 14.5. The van der Waals surface area contributed by atoms with Crippen LogP contribution in [0.1, 0.15) is 71.6 Å². The van der Waals surface area contributed by atoms with E-state index >= 15 is 0 Å². The number of rotatable bonds is 11.